The minimum absolute atomic E-state index is 0.0161. The predicted octanol–water partition coefficient (Wildman–Crippen LogP) is 0.991. The van der Waals surface area contributed by atoms with E-state index in [0.29, 0.717) is 0 Å². The van der Waals surface area contributed by atoms with E-state index in [9.17, 15) is 14.4 Å². The van der Waals surface area contributed by atoms with Crippen molar-refractivity contribution >= 4 is 17.9 Å². The molecule has 0 atom stereocenters. The number of carbonyl (C=O) groups excluding carboxylic acids is 3. The van der Waals surface area contributed by atoms with Gasteiger partial charge in [-0.3, -0.25) is 4.79 Å². The number of hydrogen-bond donors (Lipinski definition) is 0. The molecule has 102 valence electrons. The minimum atomic E-state index is -0.728. The minimum Gasteiger partial charge on any atom is -0.463 e. The lowest BCUT2D eigenvalue weighted by atomic mass is 10.2. The van der Waals surface area contributed by atoms with Crippen LogP contribution in [-0.4, -0.2) is 37.2 Å². The standard InChI is InChI=1S/C12H18O6/c1-5-16-11(14)7-17-10(13)6-9(4)12(15)18-8(2)3/h8H,4-7H2,1-3H3. The molecule has 0 amide bonds. The number of esters is 3. The van der Waals surface area contributed by atoms with Crippen LogP contribution in [0.1, 0.15) is 27.2 Å². The first kappa shape index (κ1) is 16.1. The highest BCUT2D eigenvalue weighted by Gasteiger charge is 2.16. The van der Waals surface area contributed by atoms with Gasteiger partial charge in [-0.05, 0) is 20.8 Å². The number of carbonyl (C=O) groups is 3. The Morgan fingerprint density at radius 2 is 1.72 bits per heavy atom. The second-order valence-corrected chi connectivity index (χ2v) is 3.70. The smallest absolute Gasteiger partial charge is 0.344 e. The largest absolute Gasteiger partial charge is 0.463 e. The van der Waals surface area contributed by atoms with Crippen molar-refractivity contribution in [1.29, 1.82) is 0 Å². The molecule has 0 bridgehead atoms. The Kier molecular flexibility index (Phi) is 7.42. The van der Waals surface area contributed by atoms with E-state index in [1.807, 2.05) is 0 Å². The second kappa shape index (κ2) is 8.27. The Morgan fingerprint density at radius 1 is 1.11 bits per heavy atom. The zero-order valence-corrected chi connectivity index (χ0v) is 10.9. The number of ether oxygens (including phenoxy) is 3. The summed E-state index contributed by atoms with van der Waals surface area (Å²) in [5.74, 6) is -2.02. The molecule has 0 heterocycles. The molecular weight excluding hydrogens is 240 g/mol. The molecule has 0 aliphatic rings. The van der Waals surface area contributed by atoms with Gasteiger partial charge in [0.05, 0.1) is 19.1 Å². The third kappa shape index (κ3) is 7.43. The highest BCUT2D eigenvalue weighted by molar-refractivity contribution is 5.93. The molecule has 0 aromatic heterocycles. The van der Waals surface area contributed by atoms with Gasteiger partial charge < -0.3 is 14.2 Å². The number of rotatable bonds is 7. The lowest BCUT2D eigenvalue weighted by Gasteiger charge is -2.09. The van der Waals surface area contributed by atoms with Gasteiger partial charge in [0.15, 0.2) is 6.61 Å². The SMILES string of the molecule is C=C(CC(=O)OCC(=O)OCC)C(=O)OC(C)C. The van der Waals surface area contributed by atoms with Crippen LogP contribution in [0, 0.1) is 0 Å². The molecule has 0 saturated carbocycles. The van der Waals surface area contributed by atoms with E-state index in [1.54, 1.807) is 20.8 Å². The van der Waals surface area contributed by atoms with E-state index >= 15 is 0 Å². The van der Waals surface area contributed by atoms with E-state index in [-0.39, 0.29) is 24.7 Å². The normalized spacial score (nSPS) is 9.78. The lowest BCUT2D eigenvalue weighted by Crippen LogP contribution is -2.19. The average Bonchev–Trinajstić information content (AvgIpc) is 2.25. The Morgan fingerprint density at radius 3 is 2.22 bits per heavy atom. The third-order valence-electron chi connectivity index (χ3n) is 1.65. The molecule has 0 aliphatic heterocycles. The van der Waals surface area contributed by atoms with Crippen molar-refractivity contribution in [2.24, 2.45) is 0 Å². The molecule has 0 unspecified atom stereocenters. The molecular formula is C12H18O6. The Labute approximate surface area is 106 Å². The lowest BCUT2D eigenvalue weighted by molar-refractivity contribution is -0.158. The maximum absolute atomic E-state index is 11.3. The molecule has 0 aromatic carbocycles. The predicted molar refractivity (Wildman–Crippen MR) is 62.6 cm³/mol. The summed E-state index contributed by atoms with van der Waals surface area (Å²) < 4.78 is 14.0. The van der Waals surface area contributed by atoms with Gasteiger partial charge in [0.1, 0.15) is 0 Å². The van der Waals surface area contributed by atoms with Gasteiger partial charge in [-0.2, -0.15) is 0 Å². The molecule has 0 fully saturated rings. The zero-order chi connectivity index (χ0) is 14.1. The van der Waals surface area contributed by atoms with Gasteiger partial charge in [0.2, 0.25) is 0 Å². The quantitative estimate of drug-likeness (QED) is 0.385. The average molecular weight is 258 g/mol. The summed E-state index contributed by atoms with van der Waals surface area (Å²) >= 11 is 0. The Hall–Kier alpha value is -1.85. The molecule has 0 aliphatic carbocycles. The van der Waals surface area contributed by atoms with Crippen LogP contribution in [0.5, 0.6) is 0 Å². The van der Waals surface area contributed by atoms with Crippen LogP contribution in [0.3, 0.4) is 0 Å². The third-order valence-corrected chi connectivity index (χ3v) is 1.65. The van der Waals surface area contributed by atoms with E-state index in [1.165, 1.54) is 0 Å². The summed E-state index contributed by atoms with van der Waals surface area (Å²) in [5, 5.41) is 0. The van der Waals surface area contributed by atoms with Crippen LogP contribution in [0.4, 0.5) is 0 Å². The summed E-state index contributed by atoms with van der Waals surface area (Å²) in [6.07, 6.45) is -0.602. The Bertz CT molecular complexity index is 331. The van der Waals surface area contributed by atoms with Crippen LogP contribution < -0.4 is 0 Å². The second-order valence-electron chi connectivity index (χ2n) is 3.70. The fraction of sp³-hybridized carbons (Fsp3) is 0.583. The van der Waals surface area contributed by atoms with Gasteiger partial charge in [-0.25, -0.2) is 9.59 Å². The molecule has 0 radical (unpaired) electrons. The van der Waals surface area contributed by atoms with Crippen molar-refractivity contribution in [3.8, 4) is 0 Å². The van der Waals surface area contributed by atoms with E-state index < -0.39 is 24.5 Å². The maximum Gasteiger partial charge on any atom is 0.344 e. The van der Waals surface area contributed by atoms with Crippen molar-refractivity contribution in [3.05, 3.63) is 12.2 Å². The van der Waals surface area contributed by atoms with Crippen LogP contribution in [0.25, 0.3) is 0 Å². The van der Waals surface area contributed by atoms with Crippen molar-refractivity contribution in [3.63, 3.8) is 0 Å². The highest BCUT2D eigenvalue weighted by atomic mass is 16.6. The molecule has 6 heteroatoms. The summed E-state index contributed by atoms with van der Waals surface area (Å²) in [7, 11) is 0. The number of hydrogen-bond acceptors (Lipinski definition) is 6. The topological polar surface area (TPSA) is 78.9 Å². The van der Waals surface area contributed by atoms with Crippen molar-refractivity contribution < 1.29 is 28.6 Å². The first-order valence-corrected chi connectivity index (χ1v) is 5.56. The molecule has 6 nitrogen and oxygen atoms in total. The molecule has 0 spiro atoms. The van der Waals surface area contributed by atoms with Crippen molar-refractivity contribution in [2.75, 3.05) is 13.2 Å². The van der Waals surface area contributed by atoms with Gasteiger partial charge >= 0.3 is 17.9 Å². The maximum atomic E-state index is 11.3. The van der Waals surface area contributed by atoms with E-state index in [2.05, 4.69) is 16.1 Å². The monoisotopic (exact) mass is 258 g/mol. The fourth-order valence-corrected chi connectivity index (χ4v) is 0.937. The summed E-state index contributed by atoms with van der Waals surface area (Å²) in [6, 6.07) is 0. The molecule has 0 aromatic rings. The molecule has 0 saturated heterocycles. The van der Waals surface area contributed by atoms with Crippen LogP contribution in [0.2, 0.25) is 0 Å². The van der Waals surface area contributed by atoms with Crippen LogP contribution >= 0.6 is 0 Å². The molecule has 0 rings (SSSR count). The van der Waals surface area contributed by atoms with Gasteiger partial charge in [0, 0.05) is 5.57 Å². The highest BCUT2D eigenvalue weighted by Crippen LogP contribution is 2.05. The van der Waals surface area contributed by atoms with Gasteiger partial charge in [-0.1, -0.05) is 6.58 Å². The molecule has 0 N–H and O–H groups in total. The van der Waals surface area contributed by atoms with Gasteiger partial charge in [0.25, 0.3) is 0 Å². The zero-order valence-electron chi connectivity index (χ0n) is 10.9. The van der Waals surface area contributed by atoms with Crippen molar-refractivity contribution in [2.45, 2.75) is 33.3 Å². The van der Waals surface area contributed by atoms with E-state index in [4.69, 9.17) is 4.74 Å². The summed E-state index contributed by atoms with van der Waals surface area (Å²) in [6.45, 7) is 8.17. The first-order chi connectivity index (χ1) is 8.36. The first-order valence-electron chi connectivity index (χ1n) is 5.56. The van der Waals surface area contributed by atoms with Gasteiger partial charge in [-0.15, -0.1) is 0 Å². The van der Waals surface area contributed by atoms with Crippen LogP contribution in [-0.2, 0) is 28.6 Å². The summed E-state index contributed by atoms with van der Waals surface area (Å²) in [4.78, 5) is 33.5. The fourth-order valence-electron chi connectivity index (χ4n) is 0.937. The van der Waals surface area contributed by atoms with Crippen LogP contribution in [0.15, 0.2) is 12.2 Å². The van der Waals surface area contributed by atoms with E-state index in [0.717, 1.165) is 0 Å². The molecule has 18 heavy (non-hydrogen) atoms. The van der Waals surface area contributed by atoms with Crippen molar-refractivity contribution in [1.82, 2.24) is 0 Å². The Balaban J connectivity index is 3.98. The summed E-state index contributed by atoms with van der Waals surface area (Å²) in [5.41, 5.74) is -0.0161.